The second kappa shape index (κ2) is 16.2. The quantitative estimate of drug-likeness (QED) is 0.235. The molecule has 0 aromatic heterocycles. The molecule has 2 bridgehead atoms. The summed E-state index contributed by atoms with van der Waals surface area (Å²) in [6, 6.07) is 0. The van der Waals surface area contributed by atoms with Crippen molar-refractivity contribution in [3.8, 4) is 0 Å². The van der Waals surface area contributed by atoms with Gasteiger partial charge in [-0.15, -0.1) is 0 Å². The summed E-state index contributed by atoms with van der Waals surface area (Å²) in [5.41, 5.74) is 0. The van der Waals surface area contributed by atoms with Crippen molar-refractivity contribution >= 4 is 21.9 Å². The fraction of sp³-hybridized carbons (Fsp3) is 0.774. The highest BCUT2D eigenvalue weighted by molar-refractivity contribution is 9.11. The summed E-state index contributed by atoms with van der Waals surface area (Å²) in [6.45, 7) is 7.38. The maximum absolute atomic E-state index is 13.5. The molecule has 0 radical (unpaired) electrons. The van der Waals surface area contributed by atoms with E-state index in [-0.39, 0.29) is 30.5 Å². The molecule has 0 aliphatic carbocycles. The largest absolute Gasteiger partial charge is 0.458 e. The minimum Gasteiger partial charge on any atom is -0.458 e. The number of rotatable bonds is 7. The molecule has 3 aliphatic heterocycles. The molecule has 10 nitrogen and oxygen atoms in total. The molecule has 0 saturated carbocycles. The van der Waals surface area contributed by atoms with Crippen LogP contribution in [0.5, 0.6) is 0 Å². The molecule has 0 unspecified atom stereocenters. The molecule has 3 rings (SSSR count). The van der Waals surface area contributed by atoms with Crippen LogP contribution in [-0.2, 0) is 38.0 Å². The average molecular weight is 662 g/mol. The Bertz CT molecular complexity index is 943. The van der Waals surface area contributed by atoms with E-state index in [0.717, 1.165) is 0 Å². The molecule has 0 aromatic carbocycles. The summed E-state index contributed by atoms with van der Waals surface area (Å²) in [6.07, 6.45) is 5.59. The molecule has 2 N–H and O–H groups in total. The fourth-order valence-electron chi connectivity index (χ4n) is 6.03. The normalized spacial score (nSPS) is 45.0. The fourth-order valence-corrected chi connectivity index (χ4v) is 6.21. The number of esters is 1. The number of hydrogen-bond acceptors (Lipinski definition) is 10. The van der Waals surface area contributed by atoms with Crippen LogP contribution in [0.3, 0.4) is 0 Å². The van der Waals surface area contributed by atoms with Crippen molar-refractivity contribution in [2.75, 3.05) is 21.3 Å². The van der Waals surface area contributed by atoms with Gasteiger partial charge < -0.3 is 43.4 Å². The third-order valence-corrected chi connectivity index (χ3v) is 8.99. The number of fused-ring (bicyclic) bond motifs is 2. The standard InChI is InChI=1S/C31H49BrO10/c1-18-11-10-13-24(33)19(2)25-16-23(41-30-28(38-7)27(37-6)26(36-5)21(4)39-30)17-31(35,42-25)20(3)29(34)40-22(15-18)12-8-9-14-32/h8-12,14,18-28,30,33,35H,13,15-17H2,1-7H3/b11-10-,12-8+,14-9+/t18-,19-,20+,21-,22-,23+,24-,25+,26-,27+,28+,30-,31-/m0/s1. The lowest BCUT2D eigenvalue weighted by molar-refractivity contribution is -0.348. The molecular weight excluding hydrogens is 612 g/mol. The summed E-state index contributed by atoms with van der Waals surface area (Å²) >= 11 is 3.24. The van der Waals surface area contributed by atoms with Crippen molar-refractivity contribution in [1.82, 2.24) is 0 Å². The first kappa shape index (κ1) is 35.3. The van der Waals surface area contributed by atoms with Gasteiger partial charge in [0.1, 0.15) is 30.3 Å². The van der Waals surface area contributed by atoms with E-state index >= 15 is 0 Å². The van der Waals surface area contributed by atoms with Crippen LogP contribution in [0.4, 0.5) is 0 Å². The second-order valence-corrected chi connectivity index (χ2v) is 12.2. The van der Waals surface area contributed by atoms with Gasteiger partial charge in [-0.2, -0.15) is 0 Å². The highest BCUT2D eigenvalue weighted by atomic mass is 79.9. The number of ether oxygens (including phenoxy) is 7. The Morgan fingerprint density at radius 3 is 2.36 bits per heavy atom. The van der Waals surface area contributed by atoms with E-state index in [4.69, 9.17) is 33.2 Å². The third kappa shape index (κ3) is 8.73. The molecule has 42 heavy (non-hydrogen) atoms. The summed E-state index contributed by atoms with van der Waals surface area (Å²) in [5.74, 6) is -3.81. The lowest BCUT2D eigenvalue weighted by Crippen LogP contribution is -2.61. The number of halogens is 1. The molecule has 0 amide bonds. The number of carbonyl (C=O) groups excluding carboxylic acids is 1. The van der Waals surface area contributed by atoms with E-state index in [1.807, 2.05) is 39.0 Å². The number of carbonyl (C=O) groups is 1. The topological polar surface area (TPSA) is 122 Å². The lowest BCUT2D eigenvalue weighted by atomic mass is 9.83. The number of hydrogen-bond donors (Lipinski definition) is 2. The molecular formula is C31H49BrO10. The number of methoxy groups -OCH3 is 3. The third-order valence-electron chi connectivity index (χ3n) is 8.69. The zero-order valence-electron chi connectivity index (χ0n) is 25.8. The Morgan fingerprint density at radius 2 is 1.71 bits per heavy atom. The molecule has 0 spiro atoms. The van der Waals surface area contributed by atoms with Crippen LogP contribution in [0, 0.1) is 17.8 Å². The summed E-state index contributed by atoms with van der Waals surface area (Å²) in [5, 5.41) is 23.0. The Balaban J connectivity index is 1.92. The van der Waals surface area contributed by atoms with E-state index < -0.39 is 60.6 Å². The van der Waals surface area contributed by atoms with E-state index in [1.54, 1.807) is 45.4 Å². The Kier molecular flexibility index (Phi) is 13.7. The highest BCUT2D eigenvalue weighted by Crippen LogP contribution is 2.40. The molecule has 2 saturated heterocycles. The van der Waals surface area contributed by atoms with Crippen LogP contribution in [-0.4, -0.2) is 98.4 Å². The van der Waals surface area contributed by atoms with E-state index in [0.29, 0.717) is 19.3 Å². The van der Waals surface area contributed by atoms with Gasteiger partial charge in [-0.25, -0.2) is 0 Å². The Hall–Kier alpha value is -1.15. The van der Waals surface area contributed by atoms with Gasteiger partial charge in [0.25, 0.3) is 0 Å². The minimum atomic E-state index is -1.91. The van der Waals surface area contributed by atoms with Crippen LogP contribution in [0.1, 0.15) is 53.4 Å². The van der Waals surface area contributed by atoms with Gasteiger partial charge in [0.05, 0.1) is 24.4 Å². The Morgan fingerprint density at radius 1 is 1.02 bits per heavy atom. The number of aliphatic hydroxyl groups is 2. The van der Waals surface area contributed by atoms with Crippen LogP contribution in [0.25, 0.3) is 0 Å². The van der Waals surface area contributed by atoms with E-state index in [2.05, 4.69) is 15.9 Å². The van der Waals surface area contributed by atoms with Crippen molar-refractivity contribution in [3.05, 3.63) is 35.4 Å². The van der Waals surface area contributed by atoms with Crippen LogP contribution in [0.15, 0.2) is 35.4 Å². The first-order valence-electron chi connectivity index (χ1n) is 14.8. The van der Waals surface area contributed by atoms with Crippen LogP contribution < -0.4 is 0 Å². The predicted molar refractivity (Wildman–Crippen MR) is 160 cm³/mol. The zero-order valence-corrected chi connectivity index (χ0v) is 27.3. The predicted octanol–water partition coefficient (Wildman–Crippen LogP) is 4.02. The van der Waals surface area contributed by atoms with Gasteiger partial charge in [-0.3, -0.25) is 4.79 Å². The van der Waals surface area contributed by atoms with Gasteiger partial charge in [0.15, 0.2) is 12.1 Å². The van der Waals surface area contributed by atoms with Crippen molar-refractivity contribution in [3.63, 3.8) is 0 Å². The van der Waals surface area contributed by atoms with Gasteiger partial charge in [-0.1, -0.05) is 54.1 Å². The van der Waals surface area contributed by atoms with Crippen LogP contribution in [0.2, 0.25) is 0 Å². The zero-order chi connectivity index (χ0) is 31.0. The monoisotopic (exact) mass is 660 g/mol. The van der Waals surface area contributed by atoms with Crippen molar-refractivity contribution in [1.29, 1.82) is 0 Å². The van der Waals surface area contributed by atoms with Gasteiger partial charge in [-0.05, 0) is 43.7 Å². The van der Waals surface area contributed by atoms with Crippen LogP contribution >= 0.6 is 15.9 Å². The molecule has 11 heteroatoms. The molecule has 0 aromatic rings. The SMILES string of the molecule is CO[C@@H]1[C@@H](OC)[C@H](C)O[C@@H](O[C@@H]2C[C@H]3O[C@@](O)(C2)[C@H](C)C(=O)O[C@@H](/C=C/C=C/Br)C[C@@H](C)/C=C\C[C@H](O)[C@@H]3C)[C@@H]1OC. The van der Waals surface area contributed by atoms with Crippen molar-refractivity contribution in [2.45, 2.75) is 114 Å². The number of allylic oxidation sites excluding steroid dienone is 3. The van der Waals surface area contributed by atoms with E-state index in [1.165, 1.54) is 0 Å². The molecule has 13 atom stereocenters. The minimum absolute atomic E-state index is 0.0122. The first-order chi connectivity index (χ1) is 20.0. The van der Waals surface area contributed by atoms with Crippen molar-refractivity contribution < 1.29 is 48.2 Å². The molecule has 240 valence electrons. The maximum atomic E-state index is 13.5. The molecule has 3 heterocycles. The van der Waals surface area contributed by atoms with E-state index in [9.17, 15) is 15.0 Å². The lowest BCUT2D eigenvalue weighted by Gasteiger charge is -2.48. The van der Waals surface area contributed by atoms with Gasteiger partial charge in [0.2, 0.25) is 0 Å². The average Bonchev–Trinajstić information content (AvgIpc) is 2.95. The first-order valence-corrected chi connectivity index (χ1v) is 15.7. The maximum Gasteiger partial charge on any atom is 0.314 e. The van der Waals surface area contributed by atoms with Crippen molar-refractivity contribution in [2.24, 2.45) is 17.8 Å². The second-order valence-electron chi connectivity index (χ2n) is 11.7. The Labute approximate surface area is 258 Å². The number of aliphatic hydroxyl groups excluding tert-OH is 1. The summed E-state index contributed by atoms with van der Waals surface area (Å²) in [7, 11) is 4.73. The van der Waals surface area contributed by atoms with Gasteiger partial charge >= 0.3 is 5.97 Å². The molecule has 2 fully saturated rings. The summed E-state index contributed by atoms with van der Waals surface area (Å²) in [4.78, 5) is 15.2. The number of cyclic esters (lactones) is 1. The summed E-state index contributed by atoms with van der Waals surface area (Å²) < 4.78 is 41.9. The molecule has 3 aliphatic rings. The highest BCUT2D eigenvalue weighted by Gasteiger charge is 2.52. The smallest absolute Gasteiger partial charge is 0.314 e. The van der Waals surface area contributed by atoms with Gasteiger partial charge in [0, 0.05) is 40.1 Å².